The van der Waals surface area contributed by atoms with E-state index in [1.54, 1.807) is 13.1 Å². The third-order valence-electron chi connectivity index (χ3n) is 2.17. The Bertz CT molecular complexity index is 541. The van der Waals surface area contributed by atoms with Gasteiger partial charge in [0.1, 0.15) is 18.3 Å². The minimum absolute atomic E-state index is 0.127. The Morgan fingerprint density at radius 1 is 1.44 bits per heavy atom. The predicted molar refractivity (Wildman–Crippen MR) is 62.1 cm³/mol. The topological polar surface area (TPSA) is 119 Å². The van der Waals surface area contributed by atoms with Gasteiger partial charge in [-0.3, -0.25) is 10.1 Å². The summed E-state index contributed by atoms with van der Waals surface area (Å²) in [6, 6.07) is 1.65. The molecule has 0 spiro atoms. The van der Waals surface area contributed by atoms with Crippen molar-refractivity contribution in [3.63, 3.8) is 0 Å². The maximum absolute atomic E-state index is 11.0. The van der Waals surface area contributed by atoms with Crippen LogP contribution in [0.2, 0.25) is 0 Å². The molecule has 0 amide bonds. The third kappa shape index (κ3) is 2.34. The molecule has 0 aliphatic heterocycles. The van der Waals surface area contributed by atoms with Crippen molar-refractivity contribution in [2.24, 2.45) is 0 Å². The summed E-state index contributed by atoms with van der Waals surface area (Å²) in [6.07, 6.45) is 2.66. The van der Waals surface area contributed by atoms with Gasteiger partial charge in [-0.05, 0) is 0 Å². The molecule has 0 radical (unpaired) electrons. The Hall–Kier alpha value is -2.71. The fourth-order valence-electron chi connectivity index (χ4n) is 1.37. The lowest BCUT2D eigenvalue weighted by atomic mass is 10.4. The van der Waals surface area contributed by atoms with E-state index in [0.29, 0.717) is 5.69 Å². The first kappa shape index (κ1) is 11.8. The summed E-state index contributed by atoms with van der Waals surface area (Å²) < 4.78 is 4.66. The summed E-state index contributed by atoms with van der Waals surface area (Å²) in [4.78, 5) is 18.1. The zero-order chi connectivity index (χ0) is 13.0. The molecule has 0 aliphatic rings. The SMILES string of the molecule is CNc1ncnc(NCc2ccon2)c1[N+](=O)[O-]. The Morgan fingerprint density at radius 3 is 2.83 bits per heavy atom. The zero-order valence-electron chi connectivity index (χ0n) is 9.45. The molecule has 0 bridgehead atoms. The van der Waals surface area contributed by atoms with Crippen molar-refractivity contribution in [3.05, 3.63) is 34.5 Å². The Labute approximate surface area is 101 Å². The molecule has 0 saturated heterocycles. The van der Waals surface area contributed by atoms with E-state index in [0.717, 1.165) is 0 Å². The van der Waals surface area contributed by atoms with E-state index < -0.39 is 4.92 Å². The second-order valence-corrected chi connectivity index (χ2v) is 3.27. The molecule has 0 saturated carbocycles. The van der Waals surface area contributed by atoms with Crippen LogP contribution in [0.25, 0.3) is 0 Å². The monoisotopic (exact) mass is 250 g/mol. The van der Waals surface area contributed by atoms with Crippen LogP contribution in [0.15, 0.2) is 23.2 Å². The summed E-state index contributed by atoms with van der Waals surface area (Å²) >= 11 is 0. The maximum Gasteiger partial charge on any atom is 0.353 e. The second-order valence-electron chi connectivity index (χ2n) is 3.27. The molecule has 2 aromatic heterocycles. The van der Waals surface area contributed by atoms with E-state index in [1.165, 1.54) is 12.6 Å². The molecule has 0 unspecified atom stereocenters. The average Bonchev–Trinajstić information content (AvgIpc) is 2.88. The van der Waals surface area contributed by atoms with Crippen LogP contribution in [0.4, 0.5) is 17.3 Å². The summed E-state index contributed by atoms with van der Waals surface area (Å²) in [6.45, 7) is 0.275. The smallest absolute Gasteiger partial charge is 0.353 e. The van der Waals surface area contributed by atoms with Crippen molar-refractivity contribution in [1.29, 1.82) is 0 Å². The molecule has 94 valence electrons. The van der Waals surface area contributed by atoms with Gasteiger partial charge in [0.25, 0.3) is 0 Å². The average molecular weight is 250 g/mol. The van der Waals surface area contributed by atoms with E-state index in [2.05, 4.69) is 30.3 Å². The molecule has 0 aliphatic carbocycles. The van der Waals surface area contributed by atoms with Crippen LogP contribution < -0.4 is 10.6 Å². The lowest BCUT2D eigenvalue weighted by Gasteiger charge is -2.06. The first-order valence-electron chi connectivity index (χ1n) is 5.02. The first-order chi connectivity index (χ1) is 8.72. The molecule has 2 N–H and O–H groups in total. The van der Waals surface area contributed by atoms with Crippen LogP contribution in [0, 0.1) is 10.1 Å². The fraction of sp³-hybridized carbons (Fsp3) is 0.222. The quantitative estimate of drug-likeness (QED) is 0.596. The third-order valence-corrected chi connectivity index (χ3v) is 2.17. The highest BCUT2D eigenvalue weighted by atomic mass is 16.6. The van der Waals surface area contributed by atoms with Gasteiger partial charge < -0.3 is 15.2 Å². The number of nitrogens with one attached hydrogen (secondary N) is 2. The highest BCUT2D eigenvalue weighted by Gasteiger charge is 2.21. The standard InChI is InChI=1S/C9H10N6O3/c1-10-8-7(15(16)17)9(13-5-12-8)11-4-6-2-3-18-14-6/h2-3,5H,4H2,1H3,(H2,10,11,12,13). The van der Waals surface area contributed by atoms with Gasteiger partial charge in [-0.2, -0.15) is 0 Å². The number of aromatic nitrogens is 3. The number of rotatable bonds is 5. The normalized spacial score (nSPS) is 10.1. The minimum Gasteiger partial charge on any atom is -0.367 e. The molecule has 0 atom stereocenters. The van der Waals surface area contributed by atoms with Gasteiger partial charge in [-0.25, -0.2) is 9.97 Å². The van der Waals surface area contributed by atoms with Gasteiger partial charge >= 0.3 is 5.69 Å². The van der Waals surface area contributed by atoms with Crippen LogP contribution in [-0.2, 0) is 6.54 Å². The lowest BCUT2D eigenvalue weighted by molar-refractivity contribution is -0.383. The number of nitro groups is 1. The minimum atomic E-state index is -0.545. The summed E-state index contributed by atoms with van der Waals surface area (Å²) in [5.74, 6) is 0.278. The van der Waals surface area contributed by atoms with E-state index in [-0.39, 0.29) is 23.9 Å². The van der Waals surface area contributed by atoms with Crippen molar-refractivity contribution in [2.75, 3.05) is 17.7 Å². The number of nitrogens with zero attached hydrogens (tertiary/aromatic N) is 4. The predicted octanol–water partition coefficient (Wildman–Crippen LogP) is 1.03. The van der Waals surface area contributed by atoms with Crippen LogP contribution >= 0.6 is 0 Å². The van der Waals surface area contributed by atoms with E-state index in [9.17, 15) is 10.1 Å². The number of hydrogen-bond acceptors (Lipinski definition) is 8. The lowest BCUT2D eigenvalue weighted by Crippen LogP contribution is -2.08. The molecule has 0 aromatic carbocycles. The number of hydrogen-bond donors (Lipinski definition) is 2. The van der Waals surface area contributed by atoms with Gasteiger partial charge in [0.2, 0.25) is 11.6 Å². The van der Waals surface area contributed by atoms with Gasteiger partial charge in [0.15, 0.2) is 0 Å². The molecular formula is C9H10N6O3. The van der Waals surface area contributed by atoms with Crippen molar-refractivity contribution < 1.29 is 9.45 Å². The van der Waals surface area contributed by atoms with Crippen molar-refractivity contribution in [1.82, 2.24) is 15.1 Å². The van der Waals surface area contributed by atoms with Crippen LogP contribution in [0.1, 0.15) is 5.69 Å². The van der Waals surface area contributed by atoms with Gasteiger partial charge in [0.05, 0.1) is 11.5 Å². The summed E-state index contributed by atoms with van der Waals surface area (Å²) in [5.41, 5.74) is 0.414. The van der Waals surface area contributed by atoms with Gasteiger partial charge in [-0.1, -0.05) is 5.16 Å². The zero-order valence-corrected chi connectivity index (χ0v) is 9.45. The highest BCUT2D eigenvalue weighted by Crippen LogP contribution is 2.28. The number of anilines is 2. The van der Waals surface area contributed by atoms with Crippen molar-refractivity contribution >= 4 is 17.3 Å². The van der Waals surface area contributed by atoms with Gasteiger partial charge in [0, 0.05) is 13.1 Å². The molecule has 2 heterocycles. The second kappa shape index (κ2) is 5.08. The Balaban J connectivity index is 2.24. The van der Waals surface area contributed by atoms with E-state index in [4.69, 9.17) is 0 Å². The first-order valence-corrected chi connectivity index (χ1v) is 5.02. The fourth-order valence-corrected chi connectivity index (χ4v) is 1.37. The molecule has 2 aromatic rings. The maximum atomic E-state index is 11.0. The highest BCUT2D eigenvalue weighted by molar-refractivity contribution is 5.68. The van der Waals surface area contributed by atoms with E-state index >= 15 is 0 Å². The Kier molecular flexibility index (Phi) is 3.32. The molecule has 9 heteroatoms. The van der Waals surface area contributed by atoms with E-state index in [1.807, 2.05) is 0 Å². The Morgan fingerprint density at radius 2 is 2.22 bits per heavy atom. The summed E-state index contributed by atoms with van der Waals surface area (Å²) in [5, 5.41) is 20.1. The van der Waals surface area contributed by atoms with Crippen LogP contribution in [0.3, 0.4) is 0 Å². The largest absolute Gasteiger partial charge is 0.367 e. The van der Waals surface area contributed by atoms with Crippen LogP contribution in [-0.4, -0.2) is 27.1 Å². The molecule has 9 nitrogen and oxygen atoms in total. The summed E-state index contributed by atoms with van der Waals surface area (Å²) in [7, 11) is 1.55. The van der Waals surface area contributed by atoms with Crippen molar-refractivity contribution in [3.8, 4) is 0 Å². The van der Waals surface area contributed by atoms with Gasteiger partial charge in [-0.15, -0.1) is 0 Å². The molecule has 2 rings (SSSR count). The molecule has 18 heavy (non-hydrogen) atoms. The molecular weight excluding hydrogens is 240 g/mol. The van der Waals surface area contributed by atoms with Crippen LogP contribution in [0.5, 0.6) is 0 Å². The van der Waals surface area contributed by atoms with Crippen molar-refractivity contribution in [2.45, 2.75) is 6.54 Å². The molecule has 0 fully saturated rings.